The molecule has 0 amide bonds. The van der Waals surface area contributed by atoms with Gasteiger partial charge in [0.15, 0.2) is 0 Å². The fraction of sp³-hybridized carbons (Fsp3) is 0.200. The molecule has 0 saturated heterocycles. The largest absolute Gasteiger partial charge is 0.482 e. The first kappa shape index (κ1) is 15.5. The van der Waals surface area contributed by atoms with Gasteiger partial charge in [-0.1, -0.05) is 46.9 Å². The number of rotatable bonds is 4. The first-order valence-electron chi connectivity index (χ1n) is 6.10. The fourth-order valence-corrected chi connectivity index (χ4v) is 2.39. The lowest BCUT2D eigenvalue weighted by atomic mass is 10.0. The van der Waals surface area contributed by atoms with E-state index in [1.165, 1.54) is 0 Å². The van der Waals surface area contributed by atoms with E-state index >= 15 is 0 Å². The Morgan fingerprint density at radius 3 is 2.35 bits per heavy atom. The Hall–Kier alpha value is -0.930. The van der Waals surface area contributed by atoms with Crippen LogP contribution in [0.1, 0.15) is 18.6 Å². The summed E-state index contributed by atoms with van der Waals surface area (Å²) in [5, 5.41) is 1.68. The fourth-order valence-electron chi connectivity index (χ4n) is 1.87. The van der Waals surface area contributed by atoms with Crippen molar-refractivity contribution in [2.45, 2.75) is 19.1 Å². The quantitative estimate of drug-likeness (QED) is 0.845. The van der Waals surface area contributed by atoms with Gasteiger partial charge in [-0.2, -0.15) is 0 Å². The van der Waals surface area contributed by atoms with Crippen LogP contribution in [0.5, 0.6) is 5.75 Å². The molecule has 106 valence electrons. The van der Waals surface area contributed by atoms with Crippen LogP contribution in [0.15, 0.2) is 42.5 Å². The summed E-state index contributed by atoms with van der Waals surface area (Å²) in [6, 6.07) is 12.2. The third-order valence-corrected chi connectivity index (χ3v) is 3.58. The molecule has 0 aromatic heterocycles. The van der Waals surface area contributed by atoms with Crippen molar-refractivity contribution in [3.05, 3.63) is 63.1 Å². The third-order valence-electron chi connectivity index (χ3n) is 2.80. The summed E-state index contributed by atoms with van der Waals surface area (Å²) in [5.74, 6) is 0.501. The highest BCUT2D eigenvalue weighted by molar-refractivity contribution is 6.34. The van der Waals surface area contributed by atoms with Crippen molar-refractivity contribution in [1.29, 1.82) is 0 Å². The predicted octanol–water partition coefficient (Wildman–Crippen LogP) is 5.11. The van der Waals surface area contributed by atoms with Crippen LogP contribution in [0.3, 0.4) is 0 Å². The lowest BCUT2D eigenvalue weighted by Gasteiger charge is -2.23. The molecule has 0 aliphatic heterocycles. The van der Waals surface area contributed by atoms with Gasteiger partial charge in [-0.25, -0.2) is 0 Å². The molecule has 2 aromatic carbocycles. The van der Waals surface area contributed by atoms with Crippen molar-refractivity contribution in [3.8, 4) is 5.75 Å². The van der Waals surface area contributed by atoms with Crippen LogP contribution in [0, 0.1) is 0 Å². The Bertz CT molecular complexity index is 601. The predicted molar refractivity (Wildman–Crippen MR) is 84.9 cm³/mol. The molecular weight excluding hydrogens is 317 g/mol. The Balaban J connectivity index is 2.33. The van der Waals surface area contributed by atoms with Crippen molar-refractivity contribution in [3.63, 3.8) is 0 Å². The van der Waals surface area contributed by atoms with Gasteiger partial charge in [0.2, 0.25) is 0 Å². The number of hydrogen-bond donors (Lipinski definition) is 1. The Kier molecular flexibility index (Phi) is 5.17. The van der Waals surface area contributed by atoms with Gasteiger partial charge in [0.1, 0.15) is 11.9 Å². The number of hydrogen-bond acceptors (Lipinski definition) is 2. The molecule has 2 N–H and O–H groups in total. The molecule has 0 aliphatic carbocycles. The van der Waals surface area contributed by atoms with Crippen LogP contribution in [0.25, 0.3) is 0 Å². The molecule has 0 radical (unpaired) electrons. The summed E-state index contributed by atoms with van der Waals surface area (Å²) >= 11 is 18.1. The van der Waals surface area contributed by atoms with E-state index in [0.717, 1.165) is 5.56 Å². The van der Waals surface area contributed by atoms with E-state index in [4.69, 9.17) is 45.3 Å². The molecule has 0 bridgehead atoms. The van der Waals surface area contributed by atoms with Crippen LogP contribution in [0.4, 0.5) is 0 Å². The number of nitrogens with two attached hydrogens (primary N) is 1. The van der Waals surface area contributed by atoms with E-state index in [0.29, 0.717) is 20.8 Å². The maximum Gasteiger partial charge on any atom is 0.140 e. The molecule has 0 saturated carbocycles. The monoisotopic (exact) mass is 329 g/mol. The van der Waals surface area contributed by atoms with Crippen LogP contribution < -0.4 is 10.5 Å². The van der Waals surface area contributed by atoms with E-state index in [9.17, 15) is 0 Å². The molecular formula is C15H14Cl3NO. The van der Waals surface area contributed by atoms with Gasteiger partial charge in [-0.3, -0.25) is 0 Å². The molecule has 5 heteroatoms. The standard InChI is InChI=1S/C15H14Cl3NO/c1-9(19)15(10-3-2-4-11(16)7-10)20-14-8-12(17)5-6-13(14)18/h2-9,15H,19H2,1H3. The molecule has 2 atom stereocenters. The summed E-state index contributed by atoms with van der Waals surface area (Å²) in [6.45, 7) is 1.87. The maximum atomic E-state index is 6.11. The molecule has 2 rings (SSSR count). The molecule has 0 aliphatic rings. The minimum absolute atomic E-state index is 0.233. The molecule has 2 aromatic rings. The minimum atomic E-state index is -0.357. The molecule has 2 nitrogen and oxygen atoms in total. The zero-order chi connectivity index (χ0) is 14.7. The van der Waals surface area contributed by atoms with Crippen LogP contribution in [0.2, 0.25) is 15.1 Å². The first-order chi connectivity index (χ1) is 9.47. The average molecular weight is 331 g/mol. The molecule has 0 fully saturated rings. The van der Waals surface area contributed by atoms with Crippen molar-refractivity contribution in [1.82, 2.24) is 0 Å². The first-order valence-corrected chi connectivity index (χ1v) is 7.23. The topological polar surface area (TPSA) is 35.2 Å². The van der Waals surface area contributed by atoms with Crippen molar-refractivity contribution >= 4 is 34.8 Å². The van der Waals surface area contributed by atoms with E-state index in [1.807, 2.05) is 25.1 Å². The van der Waals surface area contributed by atoms with Gasteiger partial charge in [-0.15, -0.1) is 0 Å². The third kappa shape index (κ3) is 3.80. The summed E-state index contributed by atoms with van der Waals surface area (Å²) < 4.78 is 5.93. The van der Waals surface area contributed by atoms with Crippen LogP contribution in [-0.4, -0.2) is 6.04 Å². The van der Waals surface area contributed by atoms with Gasteiger partial charge in [-0.05, 0) is 36.8 Å². The van der Waals surface area contributed by atoms with E-state index in [2.05, 4.69) is 0 Å². The van der Waals surface area contributed by atoms with E-state index in [-0.39, 0.29) is 12.1 Å². The molecule has 20 heavy (non-hydrogen) atoms. The summed E-state index contributed by atoms with van der Waals surface area (Å²) in [5.41, 5.74) is 6.90. The Labute approximate surface area is 133 Å². The van der Waals surface area contributed by atoms with Crippen molar-refractivity contribution < 1.29 is 4.74 Å². The van der Waals surface area contributed by atoms with E-state index < -0.39 is 0 Å². The van der Waals surface area contributed by atoms with Gasteiger partial charge in [0.25, 0.3) is 0 Å². The summed E-state index contributed by atoms with van der Waals surface area (Å²) in [7, 11) is 0. The smallest absolute Gasteiger partial charge is 0.140 e. The van der Waals surface area contributed by atoms with Crippen molar-refractivity contribution in [2.24, 2.45) is 5.73 Å². The zero-order valence-electron chi connectivity index (χ0n) is 10.8. The SMILES string of the molecule is CC(N)C(Oc1cc(Cl)ccc1Cl)c1cccc(Cl)c1. The van der Waals surface area contributed by atoms with Crippen LogP contribution >= 0.6 is 34.8 Å². The lowest BCUT2D eigenvalue weighted by Crippen LogP contribution is -2.29. The van der Waals surface area contributed by atoms with Crippen LogP contribution in [-0.2, 0) is 0 Å². The highest BCUT2D eigenvalue weighted by Gasteiger charge is 2.20. The van der Waals surface area contributed by atoms with Gasteiger partial charge in [0.05, 0.1) is 5.02 Å². The number of benzene rings is 2. The summed E-state index contributed by atoms with van der Waals surface area (Å²) in [6.07, 6.45) is -0.357. The normalized spacial score (nSPS) is 13.8. The lowest BCUT2D eigenvalue weighted by molar-refractivity contribution is 0.180. The highest BCUT2D eigenvalue weighted by atomic mass is 35.5. The second kappa shape index (κ2) is 6.68. The van der Waals surface area contributed by atoms with Gasteiger partial charge >= 0.3 is 0 Å². The Morgan fingerprint density at radius 2 is 1.70 bits per heavy atom. The van der Waals surface area contributed by atoms with Gasteiger partial charge < -0.3 is 10.5 Å². The molecule has 0 spiro atoms. The maximum absolute atomic E-state index is 6.11. The number of halogens is 3. The summed E-state index contributed by atoms with van der Waals surface area (Å²) in [4.78, 5) is 0. The Morgan fingerprint density at radius 1 is 1.00 bits per heavy atom. The van der Waals surface area contributed by atoms with Gasteiger partial charge in [0, 0.05) is 22.2 Å². The molecule has 0 heterocycles. The highest BCUT2D eigenvalue weighted by Crippen LogP contribution is 2.33. The second-order valence-corrected chi connectivity index (χ2v) is 5.81. The van der Waals surface area contributed by atoms with Crippen molar-refractivity contribution in [2.75, 3.05) is 0 Å². The van der Waals surface area contributed by atoms with E-state index in [1.54, 1.807) is 24.3 Å². The average Bonchev–Trinajstić information content (AvgIpc) is 2.39. The minimum Gasteiger partial charge on any atom is -0.482 e. The second-order valence-electron chi connectivity index (χ2n) is 4.53. The molecule has 2 unspecified atom stereocenters. The number of ether oxygens (including phenoxy) is 1. The zero-order valence-corrected chi connectivity index (χ0v) is 13.1.